The van der Waals surface area contributed by atoms with Crippen LogP contribution in [-0.2, 0) is 4.79 Å². The molecule has 1 aliphatic rings. The van der Waals surface area contributed by atoms with Gasteiger partial charge in [-0.25, -0.2) is 0 Å². The molecule has 70 valence electrons. The molecule has 1 saturated heterocycles. The van der Waals surface area contributed by atoms with Gasteiger partial charge in [-0.1, -0.05) is 5.16 Å². The number of nitrogens with one attached hydrogen (secondary N) is 1. The lowest BCUT2D eigenvalue weighted by molar-refractivity contribution is -0.123. The fourth-order valence-electron chi connectivity index (χ4n) is 1.45. The van der Waals surface area contributed by atoms with Crippen LogP contribution in [0, 0.1) is 6.92 Å². The van der Waals surface area contributed by atoms with Gasteiger partial charge in [0.25, 0.3) is 0 Å². The van der Waals surface area contributed by atoms with Gasteiger partial charge in [-0.2, -0.15) is 4.98 Å². The average Bonchev–Trinajstić information content (AvgIpc) is 2.52. The summed E-state index contributed by atoms with van der Waals surface area (Å²) in [7, 11) is 0. The number of carbonyl (C=O) groups excluding carboxylic acids is 1. The van der Waals surface area contributed by atoms with Gasteiger partial charge in [0.1, 0.15) is 6.04 Å². The van der Waals surface area contributed by atoms with Crippen LogP contribution in [0.3, 0.4) is 0 Å². The molecule has 2 heterocycles. The molecule has 13 heavy (non-hydrogen) atoms. The van der Waals surface area contributed by atoms with E-state index < -0.39 is 0 Å². The van der Waals surface area contributed by atoms with Gasteiger partial charge in [-0.05, 0) is 19.8 Å². The molecule has 2 rings (SSSR count). The van der Waals surface area contributed by atoms with Gasteiger partial charge in [0.05, 0.1) is 0 Å². The van der Waals surface area contributed by atoms with Crippen molar-refractivity contribution in [1.82, 2.24) is 15.5 Å². The van der Waals surface area contributed by atoms with E-state index in [0.717, 1.165) is 12.8 Å². The van der Waals surface area contributed by atoms with Gasteiger partial charge >= 0.3 is 0 Å². The van der Waals surface area contributed by atoms with Crippen molar-refractivity contribution < 1.29 is 9.32 Å². The molecule has 1 aliphatic heterocycles. The van der Waals surface area contributed by atoms with E-state index in [9.17, 15) is 4.79 Å². The molecule has 1 unspecified atom stereocenters. The van der Waals surface area contributed by atoms with Gasteiger partial charge in [0, 0.05) is 6.42 Å². The average molecular weight is 181 g/mol. The molecule has 5 nitrogen and oxygen atoms in total. The van der Waals surface area contributed by atoms with E-state index >= 15 is 0 Å². The fraction of sp³-hybridized carbons (Fsp3) is 0.625. The maximum absolute atomic E-state index is 11.1. The second-order valence-corrected chi connectivity index (χ2v) is 3.19. The highest BCUT2D eigenvalue weighted by Crippen LogP contribution is 2.21. The first kappa shape index (κ1) is 8.22. The van der Waals surface area contributed by atoms with E-state index in [-0.39, 0.29) is 11.9 Å². The number of amides is 1. The lowest BCUT2D eigenvalue weighted by atomic mass is 10.0. The van der Waals surface area contributed by atoms with Crippen LogP contribution in [0.25, 0.3) is 0 Å². The van der Waals surface area contributed by atoms with Gasteiger partial charge in [-0.15, -0.1) is 0 Å². The van der Waals surface area contributed by atoms with Crippen molar-refractivity contribution in [2.75, 3.05) is 0 Å². The monoisotopic (exact) mass is 181 g/mol. The number of aromatic nitrogens is 2. The smallest absolute Gasteiger partial charge is 0.249 e. The molecule has 0 aromatic carbocycles. The van der Waals surface area contributed by atoms with Crippen LogP contribution in [0.4, 0.5) is 0 Å². The SMILES string of the molecule is Cc1noc(C2CCCC(=O)N2)n1. The molecule has 0 radical (unpaired) electrons. The van der Waals surface area contributed by atoms with Crippen LogP contribution in [0.5, 0.6) is 0 Å². The predicted octanol–water partition coefficient (Wildman–Crippen LogP) is 0.719. The number of carbonyl (C=O) groups is 1. The van der Waals surface area contributed by atoms with Gasteiger partial charge in [-0.3, -0.25) is 4.79 Å². The molecule has 0 saturated carbocycles. The Morgan fingerprint density at radius 1 is 1.62 bits per heavy atom. The summed E-state index contributed by atoms with van der Waals surface area (Å²) in [5.41, 5.74) is 0. The third-order valence-corrected chi connectivity index (χ3v) is 2.07. The normalized spacial score (nSPS) is 22.8. The molecular weight excluding hydrogens is 170 g/mol. The van der Waals surface area contributed by atoms with Crippen molar-refractivity contribution in [3.63, 3.8) is 0 Å². The van der Waals surface area contributed by atoms with Gasteiger partial charge < -0.3 is 9.84 Å². The third kappa shape index (κ3) is 1.68. The summed E-state index contributed by atoms with van der Waals surface area (Å²) in [4.78, 5) is 15.1. The Balaban J connectivity index is 2.12. The van der Waals surface area contributed by atoms with Crippen molar-refractivity contribution in [3.05, 3.63) is 11.7 Å². The van der Waals surface area contributed by atoms with Crippen LogP contribution < -0.4 is 5.32 Å². The second kappa shape index (κ2) is 3.16. The molecule has 0 aliphatic carbocycles. The standard InChI is InChI=1S/C8H11N3O2/c1-5-9-8(13-11-5)6-3-2-4-7(12)10-6/h6H,2-4H2,1H3,(H,10,12). The van der Waals surface area contributed by atoms with E-state index in [1.165, 1.54) is 0 Å². The Bertz CT molecular complexity index is 321. The van der Waals surface area contributed by atoms with Crippen LogP contribution in [-0.4, -0.2) is 16.0 Å². The topological polar surface area (TPSA) is 68.0 Å². The molecule has 0 spiro atoms. The summed E-state index contributed by atoms with van der Waals surface area (Å²) in [6.45, 7) is 1.76. The van der Waals surface area contributed by atoms with Gasteiger partial charge in [0.2, 0.25) is 11.8 Å². The minimum absolute atomic E-state index is 0.0621. The highest BCUT2D eigenvalue weighted by atomic mass is 16.5. The van der Waals surface area contributed by atoms with Crippen LogP contribution in [0.15, 0.2) is 4.52 Å². The Morgan fingerprint density at radius 2 is 2.46 bits per heavy atom. The van der Waals surface area contributed by atoms with Crippen LogP contribution >= 0.6 is 0 Å². The van der Waals surface area contributed by atoms with Crippen molar-refractivity contribution in [2.45, 2.75) is 32.2 Å². The Kier molecular flexibility index (Phi) is 2.00. The summed E-state index contributed by atoms with van der Waals surface area (Å²) in [6, 6.07) is -0.0811. The van der Waals surface area contributed by atoms with Crippen molar-refractivity contribution in [3.8, 4) is 0 Å². The van der Waals surface area contributed by atoms with Crippen molar-refractivity contribution in [2.24, 2.45) is 0 Å². The molecule has 1 N–H and O–H groups in total. The highest BCUT2D eigenvalue weighted by Gasteiger charge is 2.23. The second-order valence-electron chi connectivity index (χ2n) is 3.19. The zero-order valence-corrected chi connectivity index (χ0v) is 7.41. The fourth-order valence-corrected chi connectivity index (χ4v) is 1.45. The van der Waals surface area contributed by atoms with Crippen molar-refractivity contribution >= 4 is 5.91 Å². The summed E-state index contributed by atoms with van der Waals surface area (Å²) < 4.78 is 4.98. The summed E-state index contributed by atoms with van der Waals surface area (Å²) >= 11 is 0. The first-order valence-corrected chi connectivity index (χ1v) is 4.35. The minimum Gasteiger partial charge on any atom is -0.344 e. The number of nitrogens with zero attached hydrogens (tertiary/aromatic N) is 2. The van der Waals surface area contributed by atoms with E-state index in [4.69, 9.17) is 4.52 Å². The van der Waals surface area contributed by atoms with Crippen LogP contribution in [0.1, 0.15) is 37.0 Å². The molecule has 0 bridgehead atoms. The lowest BCUT2D eigenvalue weighted by Crippen LogP contribution is -2.32. The molecule has 1 aromatic rings. The van der Waals surface area contributed by atoms with Crippen LogP contribution in [0.2, 0.25) is 0 Å². The first-order valence-electron chi connectivity index (χ1n) is 4.35. The van der Waals surface area contributed by atoms with Crippen molar-refractivity contribution in [1.29, 1.82) is 0 Å². The number of aryl methyl sites for hydroxylation is 1. The number of hydrogen-bond donors (Lipinski definition) is 1. The molecule has 1 amide bonds. The molecule has 1 aromatic heterocycles. The lowest BCUT2D eigenvalue weighted by Gasteiger charge is -2.19. The summed E-state index contributed by atoms with van der Waals surface area (Å²) in [5.74, 6) is 1.19. The maximum atomic E-state index is 11.1. The highest BCUT2D eigenvalue weighted by molar-refractivity contribution is 5.76. The third-order valence-electron chi connectivity index (χ3n) is 2.07. The molecular formula is C8H11N3O2. The molecule has 1 fully saturated rings. The molecule has 1 atom stereocenters. The quantitative estimate of drug-likeness (QED) is 0.693. The van der Waals surface area contributed by atoms with Gasteiger partial charge in [0.15, 0.2) is 5.82 Å². The first-order chi connectivity index (χ1) is 6.25. The minimum atomic E-state index is -0.0811. The Labute approximate surface area is 75.5 Å². The zero-order chi connectivity index (χ0) is 9.26. The number of hydrogen-bond acceptors (Lipinski definition) is 4. The summed E-state index contributed by atoms with van der Waals surface area (Å²) in [5, 5.41) is 6.49. The predicted molar refractivity (Wildman–Crippen MR) is 43.8 cm³/mol. The number of rotatable bonds is 1. The largest absolute Gasteiger partial charge is 0.344 e. The zero-order valence-electron chi connectivity index (χ0n) is 7.41. The molecule has 5 heteroatoms. The summed E-state index contributed by atoms with van der Waals surface area (Å²) in [6.07, 6.45) is 2.37. The maximum Gasteiger partial charge on any atom is 0.249 e. The van der Waals surface area contributed by atoms with E-state index in [2.05, 4.69) is 15.5 Å². The van der Waals surface area contributed by atoms with E-state index in [1.807, 2.05) is 0 Å². The van der Waals surface area contributed by atoms with E-state index in [0.29, 0.717) is 18.1 Å². The Morgan fingerprint density at radius 3 is 3.08 bits per heavy atom. The van der Waals surface area contributed by atoms with E-state index in [1.54, 1.807) is 6.92 Å². The number of piperidine rings is 1. The Hall–Kier alpha value is -1.39.